The van der Waals surface area contributed by atoms with Gasteiger partial charge in [0.05, 0.1) is 12.0 Å². The van der Waals surface area contributed by atoms with Crippen molar-refractivity contribution in [1.82, 2.24) is 14.8 Å². The van der Waals surface area contributed by atoms with E-state index < -0.39 is 0 Å². The summed E-state index contributed by atoms with van der Waals surface area (Å²) < 4.78 is 0. The van der Waals surface area contributed by atoms with Crippen LogP contribution in [0.25, 0.3) is 0 Å². The van der Waals surface area contributed by atoms with Gasteiger partial charge in [-0.15, -0.1) is 0 Å². The lowest BCUT2D eigenvalue weighted by Crippen LogP contribution is -2.36. The van der Waals surface area contributed by atoms with E-state index in [4.69, 9.17) is 0 Å². The number of benzene rings is 1. The summed E-state index contributed by atoms with van der Waals surface area (Å²) in [6, 6.07) is 13.7. The van der Waals surface area contributed by atoms with Gasteiger partial charge in [-0.2, -0.15) is 0 Å². The van der Waals surface area contributed by atoms with E-state index in [9.17, 15) is 9.59 Å². The molecule has 0 aliphatic carbocycles. The van der Waals surface area contributed by atoms with Crippen LogP contribution in [0.5, 0.6) is 0 Å². The fourth-order valence-electron chi connectivity index (χ4n) is 3.24. The zero-order chi connectivity index (χ0) is 17.8. The summed E-state index contributed by atoms with van der Waals surface area (Å²) in [4.78, 5) is 32.7. The molecular weight excluding hydrogens is 314 g/mol. The molecular formula is C20H23N3O2. The van der Waals surface area contributed by atoms with Crippen molar-refractivity contribution in [3.63, 3.8) is 0 Å². The summed E-state index contributed by atoms with van der Waals surface area (Å²) in [6.07, 6.45) is 3.74. The number of pyridine rings is 1. The van der Waals surface area contributed by atoms with Gasteiger partial charge in [-0.1, -0.05) is 30.3 Å². The molecule has 5 heteroatoms. The molecule has 1 aromatic heterocycles. The molecule has 1 saturated heterocycles. The summed E-state index contributed by atoms with van der Waals surface area (Å²) in [7, 11) is 1.80. The third kappa shape index (κ3) is 3.87. The molecule has 2 atom stereocenters. The smallest absolute Gasteiger partial charge is 0.228 e. The van der Waals surface area contributed by atoms with E-state index in [2.05, 4.69) is 4.98 Å². The fourth-order valence-corrected chi connectivity index (χ4v) is 3.24. The molecule has 2 aromatic rings. The van der Waals surface area contributed by atoms with Crippen LogP contribution in [-0.4, -0.2) is 40.2 Å². The average Bonchev–Trinajstić information content (AvgIpc) is 3.02. The Balaban J connectivity index is 1.64. The molecule has 3 rings (SSSR count). The van der Waals surface area contributed by atoms with Crippen molar-refractivity contribution in [3.05, 3.63) is 66.0 Å². The standard InChI is InChI=1S/C20H23N3O2/c1-15(17-8-10-21-11-9-17)22(2)20(25)18-12-19(24)23(14-18)13-16-6-4-3-5-7-16/h3-11,15,18H,12-14H2,1-2H3. The number of carbonyl (C=O) groups excluding carboxylic acids is 2. The number of hydrogen-bond acceptors (Lipinski definition) is 3. The largest absolute Gasteiger partial charge is 0.339 e. The summed E-state index contributed by atoms with van der Waals surface area (Å²) in [5, 5.41) is 0. The van der Waals surface area contributed by atoms with Gasteiger partial charge in [0, 0.05) is 39.0 Å². The fraction of sp³-hybridized carbons (Fsp3) is 0.350. The maximum atomic E-state index is 12.8. The molecule has 0 radical (unpaired) electrons. The van der Waals surface area contributed by atoms with E-state index in [-0.39, 0.29) is 23.8 Å². The Morgan fingerprint density at radius 3 is 2.60 bits per heavy atom. The lowest BCUT2D eigenvalue weighted by Gasteiger charge is -2.27. The van der Waals surface area contributed by atoms with Crippen molar-refractivity contribution in [2.24, 2.45) is 5.92 Å². The first kappa shape index (κ1) is 17.1. The van der Waals surface area contributed by atoms with Crippen molar-refractivity contribution < 1.29 is 9.59 Å². The van der Waals surface area contributed by atoms with Crippen molar-refractivity contribution in [2.45, 2.75) is 25.9 Å². The third-order valence-electron chi connectivity index (χ3n) is 4.90. The number of rotatable bonds is 5. The second-order valence-corrected chi connectivity index (χ2v) is 6.57. The molecule has 1 aromatic carbocycles. The van der Waals surface area contributed by atoms with Crippen LogP contribution in [-0.2, 0) is 16.1 Å². The van der Waals surface area contributed by atoms with Crippen LogP contribution in [0.2, 0.25) is 0 Å². The van der Waals surface area contributed by atoms with Gasteiger partial charge in [0.15, 0.2) is 0 Å². The zero-order valence-electron chi connectivity index (χ0n) is 14.6. The Labute approximate surface area is 148 Å². The Morgan fingerprint density at radius 1 is 1.24 bits per heavy atom. The summed E-state index contributed by atoms with van der Waals surface area (Å²) >= 11 is 0. The molecule has 130 valence electrons. The molecule has 2 amide bonds. The number of aromatic nitrogens is 1. The highest BCUT2D eigenvalue weighted by Gasteiger charge is 2.36. The van der Waals surface area contributed by atoms with Crippen LogP contribution < -0.4 is 0 Å². The van der Waals surface area contributed by atoms with Crippen molar-refractivity contribution in [1.29, 1.82) is 0 Å². The Hall–Kier alpha value is -2.69. The van der Waals surface area contributed by atoms with Gasteiger partial charge in [-0.3, -0.25) is 14.6 Å². The lowest BCUT2D eigenvalue weighted by molar-refractivity contribution is -0.136. The molecule has 1 aliphatic rings. The Morgan fingerprint density at radius 2 is 1.92 bits per heavy atom. The minimum absolute atomic E-state index is 0.0215. The minimum Gasteiger partial charge on any atom is -0.339 e. The van der Waals surface area contributed by atoms with E-state index in [1.165, 1.54) is 0 Å². The first-order valence-electron chi connectivity index (χ1n) is 8.54. The van der Waals surface area contributed by atoms with Gasteiger partial charge >= 0.3 is 0 Å². The summed E-state index contributed by atoms with van der Waals surface area (Å²) in [6.45, 7) is 3.04. The molecule has 2 unspecified atom stereocenters. The normalized spacial score (nSPS) is 18.2. The molecule has 5 nitrogen and oxygen atoms in total. The Kier molecular flexibility index (Phi) is 5.12. The highest BCUT2D eigenvalue weighted by molar-refractivity contribution is 5.89. The maximum Gasteiger partial charge on any atom is 0.228 e. The third-order valence-corrected chi connectivity index (χ3v) is 4.90. The van der Waals surface area contributed by atoms with E-state index in [1.54, 1.807) is 29.2 Å². The number of nitrogens with zero attached hydrogens (tertiary/aromatic N) is 3. The van der Waals surface area contributed by atoms with Gasteiger partial charge in [-0.05, 0) is 30.2 Å². The number of hydrogen-bond donors (Lipinski definition) is 0. The average molecular weight is 337 g/mol. The lowest BCUT2D eigenvalue weighted by atomic mass is 10.0. The van der Waals surface area contributed by atoms with Crippen LogP contribution >= 0.6 is 0 Å². The minimum atomic E-state index is -0.273. The highest BCUT2D eigenvalue weighted by Crippen LogP contribution is 2.26. The first-order chi connectivity index (χ1) is 12.1. The molecule has 1 aliphatic heterocycles. The highest BCUT2D eigenvalue weighted by atomic mass is 16.2. The topological polar surface area (TPSA) is 53.5 Å². The molecule has 0 bridgehead atoms. The molecule has 25 heavy (non-hydrogen) atoms. The monoisotopic (exact) mass is 337 g/mol. The molecule has 0 spiro atoms. The Bertz CT molecular complexity index is 733. The number of likely N-dealkylation sites (tertiary alicyclic amines) is 1. The predicted molar refractivity (Wildman–Crippen MR) is 95.4 cm³/mol. The van der Waals surface area contributed by atoms with Gasteiger partial charge in [0.1, 0.15) is 0 Å². The van der Waals surface area contributed by atoms with Gasteiger partial charge in [0.25, 0.3) is 0 Å². The van der Waals surface area contributed by atoms with Gasteiger partial charge in [-0.25, -0.2) is 0 Å². The summed E-state index contributed by atoms with van der Waals surface area (Å²) in [5.74, 6) is -0.203. The second kappa shape index (κ2) is 7.47. The molecule has 0 N–H and O–H groups in total. The van der Waals surface area contributed by atoms with Crippen LogP contribution in [0.3, 0.4) is 0 Å². The predicted octanol–water partition coefficient (Wildman–Crippen LogP) is 2.65. The first-order valence-corrected chi connectivity index (χ1v) is 8.54. The zero-order valence-corrected chi connectivity index (χ0v) is 14.6. The molecule has 2 heterocycles. The van der Waals surface area contributed by atoms with Crippen LogP contribution in [0.4, 0.5) is 0 Å². The van der Waals surface area contributed by atoms with E-state index in [0.717, 1.165) is 11.1 Å². The van der Waals surface area contributed by atoms with Crippen LogP contribution in [0, 0.1) is 5.92 Å². The summed E-state index contributed by atoms with van der Waals surface area (Å²) in [5.41, 5.74) is 2.12. The van der Waals surface area contributed by atoms with E-state index in [0.29, 0.717) is 19.5 Å². The van der Waals surface area contributed by atoms with Crippen LogP contribution in [0.15, 0.2) is 54.9 Å². The van der Waals surface area contributed by atoms with Crippen molar-refractivity contribution in [3.8, 4) is 0 Å². The van der Waals surface area contributed by atoms with Gasteiger partial charge in [0.2, 0.25) is 11.8 Å². The van der Waals surface area contributed by atoms with Crippen LogP contribution in [0.1, 0.15) is 30.5 Å². The SMILES string of the molecule is CC(c1ccncc1)N(C)C(=O)C1CC(=O)N(Cc2ccccc2)C1. The van der Waals surface area contributed by atoms with Gasteiger partial charge < -0.3 is 9.80 Å². The van der Waals surface area contributed by atoms with E-state index in [1.807, 2.05) is 49.4 Å². The molecule has 0 saturated carbocycles. The quantitative estimate of drug-likeness (QED) is 0.843. The van der Waals surface area contributed by atoms with E-state index >= 15 is 0 Å². The number of carbonyl (C=O) groups is 2. The second-order valence-electron chi connectivity index (χ2n) is 6.57. The number of amides is 2. The van der Waals surface area contributed by atoms with Crippen molar-refractivity contribution in [2.75, 3.05) is 13.6 Å². The van der Waals surface area contributed by atoms with Crippen molar-refractivity contribution >= 4 is 11.8 Å². The maximum absolute atomic E-state index is 12.8. The molecule has 1 fully saturated rings.